The molecule has 2 aliphatic heterocycles. The Labute approximate surface area is 282 Å². The van der Waals surface area contributed by atoms with Crippen molar-refractivity contribution in [3.63, 3.8) is 0 Å². The van der Waals surface area contributed by atoms with E-state index < -0.39 is 17.7 Å². The van der Waals surface area contributed by atoms with E-state index in [9.17, 15) is 19.5 Å². The lowest BCUT2D eigenvalue weighted by atomic mass is 9.77. The molecule has 3 aliphatic rings. The molecule has 3 amide bonds. The molecule has 1 spiro atoms. The lowest BCUT2D eigenvalue weighted by Gasteiger charge is -2.52. The maximum absolute atomic E-state index is 14.2. The molecule has 0 bridgehead atoms. The molecule has 1 aliphatic carbocycles. The first-order valence-corrected chi connectivity index (χ1v) is 17.0. The van der Waals surface area contributed by atoms with Crippen LogP contribution in [0.3, 0.4) is 0 Å². The summed E-state index contributed by atoms with van der Waals surface area (Å²) >= 11 is 0. The SMILES string of the molecule is CNC(=O)c1ccc(Oc2ccc(CN3CCC4(CC3)C(=O)NC(C(O)C3CCCCC3)C(=O)N4Cc3ccc(OC)cc3)cc2)cc1. The van der Waals surface area contributed by atoms with E-state index in [0.717, 1.165) is 49.0 Å². The summed E-state index contributed by atoms with van der Waals surface area (Å²) in [5, 5.41) is 17.0. The molecule has 3 aromatic rings. The van der Waals surface area contributed by atoms with Crippen molar-refractivity contribution in [3.8, 4) is 17.2 Å². The smallest absolute Gasteiger partial charge is 0.251 e. The van der Waals surface area contributed by atoms with Gasteiger partial charge >= 0.3 is 0 Å². The number of aliphatic hydroxyl groups excluding tert-OH is 1. The van der Waals surface area contributed by atoms with Crippen molar-refractivity contribution in [1.29, 1.82) is 0 Å². The molecule has 48 heavy (non-hydrogen) atoms. The van der Waals surface area contributed by atoms with Crippen LogP contribution in [0.5, 0.6) is 17.2 Å². The molecule has 3 aromatic carbocycles. The number of nitrogens with zero attached hydrogens (tertiary/aromatic N) is 2. The molecule has 1 saturated carbocycles. The highest BCUT2D eigenvalue weighted by atomic mass is 16.5. The first kappa shape index (κ1) is 33.5. The summed E-state index contributed by atoms with van der Waals surface area (Å²) in [6.07, 6.45) is 5.07. The Bertz CT molecular complexity index is 1560. The number of aliphatic hydroxyl groups is 1. The molecule has 2 saturated heterocycles. The van der Waals surface area contributed by atoms with Crippen molar-refractivity contribution >= 4 is 17.7 Å². The van der Waals surface area contributed by atoms with E-state index in [1.54, 1.807) is 43.3 Å². The van der Waals surface area contributed by atoms with Gasteiger partial charge in [0, 0.05) is 38.8 Å². The standard InChI is InChI=1S/C38H46N4O6/c1-39-35(44)29-12-18-32(19-13-29)48-31-16-10-26(11-17-31)24-41-22-20-38(21-23-41)37(46)40-33(34(43)28-6-4-3-5-7-28)36(45)42(38)25-27-8-14-30(47-2)15-9-27/h8-19,28,33-34,43H,3-7,20-25H2,1-2H3,(H,39,44)(H,40,46). The van der Waals surface area contributed by atoms with Gasteiger partial charge in [-0.05, 0) is 91.3 Å². The Morgan fingerprint density at radius 1 is 0.875 bits per heavy atom. The topological polar surface area (TPSA) is 120 Å². The molecule has 10 heteroatoms. The number of benzene rings is 3. The number of methoxy groups -OCH3 is 1. The Hall–Kier alpha value is -4.41. The van der Waals surface area contributed by atoms with Crippen LogP contribution in [0.1, 0.15) is 66.4 Å². The summed E-state index contributed by atoms with van der Waals surface area (Å²) in [6, 6.07) is 21.6. The number of ether oxygens (including phenoxy) is 2. The third-order valence-corrected chi connectivity index (χ3v) is 10.3. The normalized spacial score (nSPS) is 20.6. The van der Waals surface area contributed by atoms with Gasteiger partial charge in [-0.2, -0.15) is 0 Å². The van der Waals surface area contributed by atoms with Gasteiger partial charge in [-0.1, -0.05) is 43.5 Å². The second-order valence-corrected chi connectivity index (χ2v) is 13.3. The van der Waals surface area contributed by atoms with Gasteiger partial charge in [0.25, 0.3) is 5.91 Å². The largest absolute Gasteiger partial charge is 0.497 e. The minimum Gasteiger partial charge on any atom is -0.497 e. The zero-order valence-electron chi connectivity index (χ0n) is 27.8. The molecule has 2 unspecified atom stereocenters. The maximum Gasteiger partial charge on any atom is 0.251 e. The van der Waals surface area contributed by atoms with Crippen LogP contribution in [0.25, 0.3) is 0 Å². The maximum atomic E-state index is 14.2. The van der Waals surface area contributed by atoms with Gasteiger partial charge in [-0.15, -0.1) is 0 Å². The van der Waals surface area contributed by atoms with E-state index in [1.807, 2.05) is 48.5 Å². The predicted octanol–water partition coefficient (Wildman–Crippen LogP) is 4.65. The summed E-state index contributed by atoms with van der Waals surface area (Å²) in [5.41, 5.74) is 1.61. The Balaban J connectivity index is 1.12. The molecular formula is C38H46N4O6. The van der Waals surface area contributed by atoms with E-state index in [-0.39, 0.29) is 23.6 Å². The highest BCUT2D eigenvalue weighted by Crippen LogP contribution is 2.37. The number of amides is 3. The van der Waals surface area contributed by atoms with Crippen molar-refractivity contribution in [2.75, 3.05) is 27.2 Å². The van der Waals surface area contributed by atoms with Crippen LogP contribution >= 0.6 is 0 Å². The van der Waals surface area contributed by atoms with Crippen molar-refractivity contribution in [2.24, 2.45) is 5.92 Å². The highest BCUT2D eigenvalue weighted by molar-refractivity contribution is 6.00. The van der Waals surface area contributed by atoms with E-state index in [0.29, 0.717) is 56.1 Å². The molecular weight excluding hydrogens is 608 g/mol. The van der Waals surface area contributed by atoms with Crippen LogP contribution in [-0.2, 0) is 22.7 Å². The minimum atomic E-state index is -0.985. The van der Waals surface area contributed by atoms with Gasteiger partial charge in [0.1, 0.15) is 28.8 Å². The second-order valence-electron chi connectivity index (χ2n) is 13.3. The zero-order valence-corrected chi connectivity index (χ0v) is 27.8. The number of piperazine rings is 1. The Morgan fingerprint density at radius 3 is 2.02 bits per heavy atom. The summed E-state index contributed by atoms with van der Waals surface area (Å²) in [7, 11) is 3.22. The monoisotopic (exact) mass is 654 g/mol. The van der Waals surface area contributed by atoms with Gasteiger partial charge in [-0.3, -0.25) is 19.3 Å². The van der Waals surface area contributed by atoms with Crippen molar-refractivity contribution in [1.82, 2.24) is 20.4 Å². The lowest BCUT2D eigenvalue weighted by Crippen LogP contribution is -2.74. The summed E-state index contributed by atoms with van der Waals surface area (Å²) in [5.74, 6) is 1.57. The Morgan fingerprint density at radius 2 is 1.44 bits per heavy atom. The van der Waals surface area contributed by atoms with E-state index in [1.165, 1.54) is 0 Å². The van der Waals surface area contributed by atoms with Gasteiger partial charge in [-0.25, -0.2) is 0 Å². The fraction of sp³-hybridized carbons (Fsp3) is 0.447. The van der Waals surface area contributed by atoms with Crippen LogP contribution in [0.2, 0.25) is 0 Å². The minimum absolute atomic E-state index is 0.0121. The predicted molar refractivity (Wildman–Crippen MR) is 182 cm³/mol. The first-order valence-electron chi connectivity index (χ1n) is 17.0. The number of rotatable bonds is 10. The van der Waals surface area contributed by atoms with E-state index in [2.05, 4.69) is 15.5 Å². The average Bonchev–Trinajstić information content (AvgIpc) is 3.13. The average molecular weight is 655 g/mol. The van der Waals surface area contributed by atoms with Gasteiger partial charge in [0.05, 0.1) is 13.2 Å². The van der Waals surface area contributed by atoms with Crippen LogP contribution < -0.4 is 20.1 Å². The lowest BCUT2D eigenvalue weighted by molar-refractivity contribution is -0.167. The van der Waals surface area contributed by atoms with Crippen LogP contribution in [0.4, 0.5) is 0 Å². The molecule has 10 nitrogen and oxygen atoms in total. The van der Waals surface area contributed by atoms with E-state index in [4.69, 9.17) is 9.47 Å². The number of hydrogen-bond acceptors (Lipinski definition) is 7. The quantitative estimate of drug-likeness (QED) is 0.291. The summed E-state index contributed by atoms with van der Waals surface area (Å²) in [6.45, 7) is 2.28. The van der Waals surface area contributed by atoms with Crippen LogP contribution in [0, 0.1) is 5.92 Å². The van der Waals surface area contributed by atoms with Crippen LogP contribution in [-0.4, -0.2) is 77.6 Å². The molecule has 2 atom stereocenters. The molecule has 3 N–H and O–H groups in total. The molecule has 254 valence electrons. The third-order valence-electron chi connectivity index (χ3n) is 10.3. The number of likely N-dealkylation sites (tertiary alicyclic amines) is 1. The fourth-order valence-corrected chi connectivity index (χ4v) is 7.41. The second kappa shape index (κ2) is 14.8. The van der Waals surface area contributed by atoms with Crippen molar-refractivity contribution in [3.05, 3.63) is 89.5 Å². The van der Waals surface area contributed by atoms with Crippen molar-refractivity contribution in [2.45, 2.75) is 75.7 Å². The number of carbonyl (C=O) groups excluding carboxylic acids is 3. The molecule has 6 rings (SSSR count). The number of piperidine rings is 1. The summed E-state index contributed by atoms with van der Waals surface area (Å²) < 4.78 is 11.3. The zero-order chi connectivity index (χ0) is 33.7. The molecule has 0 aromatic heterocycles. The molecule has 2 heterocycles. The van der Waals surface area contributed by atoms with Crippen molar-refractivity contribution < 1.29 is 29.0 Å². The van der Waals surface area contributed by atoms with Crippen LogP contribution in [0.15, 0.2) is 72.8 Å². The Kier molecular flexibility index (Phi) is 10.3. The first-order chi connectivity index (χ1) is 23.3. The number of hydrogen-bond donors (Lipinski definition) is 3. The number of carbonyl (C=O) groups is 3. The fourth-order valence-electron chi connectivity index (χ4n) is 7.41. The molecule has 3 fully saturated rings. The van der Waals surface area contributed by atoms with Gasteiger partial charge in [0.15, 0.2) is 0 Å². The number of nitrogens with one attached hydrogen (secondary N) is 2. The highest BCUT2D eigenvalue weighted by Gasteiger charge is 2.55. The van der Waals surface area contributed by atoms with Gasteiger partial charge < -0.3 is 30.1 Å². The van der Waals surface area contributed by atoms with Gasteiger partial charge in [0.2, 0.25) is 11.8 Å². The summed E-state index contributed by atoms with van der Waals surface area (Å²) in [4.78, 5) is 44.2. The molecule has 0 radical (unpaired) electrons. The van der Waals surface area contributed by atoms with E-state index >= 15 is 0 Å². The third kappa shape index (κ3) is 7.19.